The Labute approximate surface area is 164 Å². The van der Waals surface area contributed by atoms with Crippen molar-refractivity contribution >= 4 is 46.3 Å². The van der Waals surface area contributed by atoms with E-state index in [1.807, 2.05) is 13.8 Å². The predicted octanol–water partition coefficient (Wildman–Crippen LogP) is 5.34. The Kier molecular flexibility index (Phi) is 5.38. The normalized spacial score (nSPS) is 17.0. The smallest absolute Gasteiger partial charge is 0.293 e. The van der Waals surface area contributed by atoms with E-state index in [1.54, 1.807) is 12.1 Å². The number of imide groups is 1. The fraction of sp³-hybridized carbons (Fsp3) is 0.222. The molecule has 0 unspecified atom stereocenters. The summed E-state index contributed by atoms with van der Waals surface area (Å²) in [6, 6.07) is 7.20. The molecule has 1 aromatic carbocycles. The molecule has 0 bridgehead atoms. The number of carbonyl (C=O) groups is 2. The molecule has 1 aliphatic rings. The molecule has 1 fully saturated rings. The lowest BCUT2D eigenvalue weighted by atomic mass is 10.1. The van der Waals surface area contributed by atoms with Crippen molar-refractivity contribution < 1.29 is 18.9 Å². The minimum atomic E-state index is -0.531. The Morgan fingerprint density at radius 3 is 2.70 bits per heavy atom. The summed E-state index contributed by atoms with van der Waals surface area (Å²) in [6.07, 6.45) is 2.19. The highest BCUT2D eigenvalue weighted by Crippen LogP contribution is 2.36. The van der Waals surface area contributed by atoms with E-state index in [-0.39, 0.29) is 32.8 Å². The van der Waals surface area contributed by atoms with E-state index in [2.05, 4.69) is 0 Å². The highest BCUT2D eigenvalue weighted by Gasteiger charge is 2.37. The van der Waals surface area contributed by atoms with Crippen LogP contribution in [0.4, 0.5) is 10.5 Å². The van der Waals surface area contributed by atoms with Crippen molar-refractivity contribution in [3.8, 4) is 11.3 Å². The van der Waals surface area contributed by atoms with Crippen LogP contribution in [0.15, 0.2) is 39.7 Å². The number of nitrogens with zero attached hydrogens (tertiary/aromatic N) is 2. The van der Waals surface area contributed by atoms with Crippen molar-refractivity contribution in [3.63, 3.8) is 0 Å². The van der Waals surface area contributed by atoms with E-state index >= 15 is 0 Å². The average molecular weight is 407 g/mol. The van der Waals surface area contributed by atoms with Crippen molar-refractivity contribution in [2.24, 2.45) is 0 Å². The van der Waals surface area contributed by atoms with Gasteiger partial charge in [0.1, 0.15) is 11.5 Å². The summed E-state index contributed by atoms with van der Waals surface area (Å²) >= 11 is 6.98. The van der Waals surface area contributed by atoms with E-state index in [9.17, 15) is 19.7 Å². The third kappa shape index (κ3) is 3.77. The van der Waals surface area contributed by atoms with Gasteiger partial charge in [-0.15, -0.1) is 0 Å². The third-order valence-electron chi connectivity index (χ3n) is 4.18. The van der Waals surface area contributed by atoms with Crippen LogP contribution in [0, 0.1) is 10.1 Å². The molecule has 1 aliphatic heterocycles. The summed E-state index contributed by atoms with van der Waals surface area (Å²) in [6.45, 7) is 3.73. The van der Waals surface area contributed by atoms with Gasteiger partial charge in [-0.25, -0.2) is 0 Å². The fourth-order valence-corrected chi connectivity index (χ4v) is 3.74. The predicted molar refractivity (Wildman–Crippen MR) is 103 cm³/mol. The molecular formula is C18H15ClN2O5S. The maximum Gasteiger partial charge on any atom is 0.293 e. The summed E-state index contributed by atoms with van der Waals surface area (Å²) in [5.74, 6) is 0.446. The first-order chi connectivity index (χ1) is 12.8. The molecule has 27 heavy (non-hydrogen) atoms. The van der Waals surface area contributed by atoms with Crippen LogP contribution in [0.25, 0.3) is 17.4 Å². The maximum absolute atomic E-state index is 12.4. The van der Waals surface area contributed by atoms with Gasteiger partial charge in [-0.3, -0.25) is 24.6 Å². The van der Waals surface area contributed by atoms with Gasteiger partial charge >= 0.3 is 0 Å². The Morgan fingerprint density at radius 1 is 1.33 bits per heavy atom. The van der Waals surface area contributed by atoms with Crippen LogP contribution in [0.1, 0.15) is 26.0 Å². The van der Waals surface area contributed by atoms with Crippen LogP contribution in [-0.4, -0.2) is 27.0 Å². The molecule has 1 saturated heterocycles. The average Bonchev–Trinajstić information content (AvgIpc) is 3.19. The molecule has 0 radical (unpaired) electrons. The monoisotopic (exact) mass is 406 g/mol. The van der Waals surface area contributed by atoms with Gasteiger partial charge in [-0.1, -0.05) is 18.5 Å². The minimum Gasteiger partial charge on any atom is -0.457 e. The van der Waals surface area contributed by atoms with Gasteiger partial charge in [-0.2, -0.15) is 0 Å². The molecule has 7 nitrogen and oxygen atoms in total. The van der Waals surface area contributed by atoms with E-state index in [4.69, 9.17) is 16.0 Å². The largest absolute Gasteiger partial charge is 0.457 e. The number of rotatable bonds is 5. The molecule has 0 spiro atoms. The standard InChI is InChI=1S/C18H15ClN2O5S/c1-3-10(2)20-17(22)16(27-18(20)23)9-12-5-7-15(26-12)13-6-4-11(21(24)25)8-14(13)19/h4-10H,3H2,1-2H3/b16-9+/t10-/m1/s1. The van der Waals surface area contributed by atoms with Crippen molar-refractivity contribution in [2.75, 3.05) is 0 Å². The Hall–Kier alpha value is -2.58. The number of thioether (sulfide) groups is 1. The molecule has 0 saturated carbocycles. The highest BCUT2D eigenvalue weighted by atomic mass is 35.5. The van der Waals surface area contributed by atoms with Crippen molar-refractivity contribution in [1.29, 1.82) is 0 Å². The summed E-state index contributed by atoms with van der Waals surface area (Å²) in [4.78, 5) is 36.3. The van der Waals surface area contributed by atoms with E-state index < -0.39 is 4.92 Å². The Bertz CT molecular complexity index is 968. The van der Waals surface area contributed by atoms with Gasteiger partial charge in [0.05, 0.1) is 14.9 Å². The lowest BCUT2D eigenvalue weighted by Crippen LogP contribution is -2.36. The highest BCUT2D eigenvalue weighted by molar-refractivity contribution is 8.18. The number of halogens is 1. The Balaban J connectivity index is 1.87. The number of benzene rings is 1. The lowest BCUT2D eigenvalue weighted by molar-refractivity contribution is -0.384. The molecule has 9 heteroatoms. The number of non-ortho nitro benzene ring substituents is 1. The van der Waals surface area contributed by atoms with Crippen molar-refractivity contribution in [3.05, 3.63) is 56.1 Å². The van der Waals surface area contributed by atoms with Crippen LogP contribution >= 0.6 is 23.4 Å². The summed E-state index contributed by atoms with van der Waals surface area (Å²) in [5, 5.41) is 10.7. The fourth-order valence-electron chi connectivity index (χ4n) is 2.56. The summed E-state index contributed by atoms with van der Waals surface area (Å²) in [7, 11) is 0. The zero-order valence-corrected chi connectivity index (χ0v) is 16.0. The van der Waals surface area contributed by atoms with Gasteiger partial charge in [0.25, 0.3) is 16.8 Å². The van der Waals surface area contributed by atoms with Crippen LogP contribution in [-0.2, 0) is 4.79 Å². The lowest BCUT2D eigenvalue weighted by Gasteiger charge is -2.19. The molecule has 3 rings (SSSR count). The molecule has 2 aromatic rings. The molecule has 140 valence electrons. The van der Waals surface area contributed by atoms with E-state index in [0.29, 0.717) is 23.5 Å². The molecule has 0 N–H and O–H groups in total. The number of nitro groups is 1. The zero-order chi connectivity index (χ0) is 19.7. The summed E-state index contributed by atoms with van der Waals surface area (Å²) < 4.78 is 5.69. The first-order valence-electron chi connectivity index (χ1n) is 8.13. The maximum atomic E-state index is 12.4. The third-order valence-corrected chi connectivity index (χ3v) is 5.38. The van der Waals surface area contributed by atoms with E-state index in [1.165, 1.54) is 29.2 Å². The topological polar surface area (TPSA) is 93.7 Å². The molecular weight excluding hydrogens is 392 g/mol. The number of furan rings is 1. The molecule has 1 aromatic heterocycles. The van der Waals surface area contributed by atoms with Gasteiger partial charge < -0.3 is 4.42 Å². The quantitative estimate of drug-likeness (QED) is 0.377. The van der Waals surface area contributed by atoms with Crippen LogP contribution in [0.5, 0.6) is 0 Å². The number of carbonyl (C=O) groups excluding carboxylic acids is 2. The van der Waals surface area contributed by atoms with Gasteiger partial charge in [0, 0.05) is 29.8 Å². The molecule has 2 amide bonds. The van der Waals surface area contributed by atoms with E-state index in [0.717, 1.165) is 11.8 Å². The second-order valence-corrected chi connectivity index (χ2v) is 7.33. The Morgan fingerprint density at radius 2 is 2.07 bits per heavy atom. The van der Waals surface area contributed by atoms with Crippen LogP contribution in [0.2, 0.25) is 5.02 Å². The van der Waals surface area contributed by atoms with Gasteiger partial charge in [-0.05, 0) is 43.3 Å². The number of amides is 2. The number of hydrogen-bond donors (Lipinski definition) is 0. The van der Waals surface area contributed by atoms with Gasteiger partial charge in [0.2, 0.25) is 0 Å². The molecule has 0 aliphatic carbocycles. The van der Waals surface area contributed by atoms with Crippen LogP contribution in [0.3, 0.4) is 0 Å². The second-order valence-electron chi connectivity index (χ2n) is 5.93. The minimum absolute atomic E-state index is 0.116. The zero-order valence-electron chi connectivity index (χ0n) is 14.5. The first-order valence-corrected chi connectivity index (χ1v) is 9.32. The van der Waals surface area contributed by atoms with Gasteiger partial charge in [0.15, 0.2) is 0 Å². The number of nitro benzene ring substituents is 1. The van der Waals surface area contributed by atoms with Crippen molar-refractivity contribution in [1.82, 2.24) is 4.90 Å². The molecule has 1 atom stereocenters. The molecule has 2 heterocycles. The SMILES string of the molecule is CC[C@@H](C)N1C(=O)S/C(=C/c2ccc(-c3ccc([N+](=O)[O-])cc3Cl)o2)C1=O. The number of hydrogen-bond acceptors (Lipinski definition) is 6. The first kappa shape index (κ1) is 19.2. The summed E-state index contributed by atoms with van der Waals surface area (Å²) in [5.41, 5.74) is 0.379. The van der Waals surface area contributed by atoms with Crippen LogP contribution < -0.4 is 0 Å². The van der Waals surface area contributed by atoms with Crippen molar-refractivity contribution in [2.45, 2.75) is 26.3 Å². The second kappa shape index (κ2) is 7.58.